The summed E-state index contributed by atoms with van der Waals surface area (Å²) in [7, 11) is 0. The maximum atomic E-state index is 11.9. The summed E-state index contributed by atoms with van der Waals surface area (Å²) >= 11 is 0. The van der Waals surface area contributed by atoms with Crippen LogP contribution in [0.4, 0.5) is 0 Å². The molecule has 0 aromatic carbocycles. The van der Waals surface area contributed by atoms with Crippen LogP contribution in [0.2, 0.25) is 0 Å². The predicted molar refractivity (Wildman–Crippen MR) is 139 cm³/mol. The summed E-state index contributed by atoms with van der Waals surface area (Å²) in [5, 5.41) is 20.3. The summed E-state index contributed by atoms with van der Waals surface area (Å²) in [4.78, 5) is 33.6. The molecule has 0 rings (SSSR count). The monoisotopic (exact) mass is 475 g/mol. The van der Waals surface area contributed by atoms with Crippen LogP contribution in [-0.4, -0.2) is 34.1 Å². The van der Waals surface area contributed by atoms with Gasteiger partial charge in [-0.3, -0.25) is 9.59 Å². The fraction of sp³-hybridized carbons (Fsp3) is 0.607. The maximum Gasteiger partial charge on any atom is 0.326 e. The third-order valence-electron chi connectivity index (χ3n) is 5.25. The van der Waals surface area contributed by atoms with E-state index >= 15 is 0 Å². The molecule has 0 radical (unpaired) electrons. The van der Waals surface area contributed by atoms with Crippen LogP contribution in [0.1, 0.15) is 103 Å². The van der Waals surface area contributed by atoms with Gasteiger partial charge >= 0.3 is 11.9 Å². The van der Waals surface area contributed by atoms with Gasteiger partial charge in [-0.25, -0.2) is 4.79 Å². The molecule has 0 aliphatic carbocycles. The first-order chi connectivity index (χ1) is 16.5. The van der Waals surface area contributed by atoms with E-state index in [1.165, 1.54) is 25.7 Å². The van der Waals surface area contributed by atoms with E-state index in [1.807, 2.05) is 0 Å². The second-order valence-corrected chi connectivity index (χ2v) is 8.43. The lowest BCUT2D eigenvalue weighted by Crippen LogP contribution is -2.40. The minimum Gasteiger partial charge on any atom is -0.481 e. The maximum absolute atomic E-state index is 11.9. The van der Waals surface area contributed by atoms with Gasteiger partial charge in [0.15, 0.2) is 0 Å². The lowest BCUT2D eigenvalue weighted by atomic mass is 10.1. The van der Waals surface area contributed by atoms with E-state index in [4.69, 9.17) is 10.2 Å². The number of carbonyl (C=O) groups is 3. The Labute approximate surface area is 205 Å². The van der Waals surface area contributed by atoms with Crippen LogP contribution in [-0.2, 0) is 14.4 Å². The Hall–Kier alpha value is -2.63. The van der Waals surface area contributed by atoms with Crippen molar-refractivity contribution in [2.45, 2.75) is 109 Å². The number of allylic oxidation sites excluding steroid dienone is 8. The van der Waals surface area contributed by atoms with E-state index in [-0.39, 0.29) is 31.6 Å². The smallest absolute Gasteiger partial charge is 0.326 e. The second kappa shape index (κ2) is 23.5. The standard InChI is InChI=1S/C28H45NO5/c1-2-3-4-5-6-7-8-9-10-11-12-13-14-15-16-17-18-19-20-23-26(30)29-25(28(33)34)22-21-24-27(31)32/h6-7,9-10,12-13,15-16,25H,2-5,8,11,14,17-24H2,1H3,(H,29,30)(H,31,32)(H,33,34)/b7-6-,10-9-,13-12-,16-15-/t25-/m1/s1. The van der Waals surface area contributed by atoms with Gasteiger partial charge in [-0.15, -0.1) is 0 Å². The fourth-order valence-corrected chi connectivity index (χ4v) is 3.27. The molecule has 0 fully saturated rings. The molecule has 0 aromatic heterocycles. The van der Waals surface area contributed by atoms with Gasteiger partial charge in [0.25, 0.3) is 0 Å². The molecule has 0 saturated heterocycles. The van der Waals surface area contributed by atoms with E-state index in [2.05, 4.69) is 60.8 Å². The normalized spacial score (nSPS) is 12.9. The van der Waals surface area contributed by atoms with E-state index in [0.29, 0.717) is 6.42 Å². The van der Waals surface area contributed by atoms with Crippen molar-refractivity contribution < 1.29 is 24.6 Å². The topological polar surface area (TPSA) is 104 Å². The Bertz CT molecular complexity index is 664. The van der Waals surface area contributed by atoms with Crippen LogP contribution in [0, 0.1) is 0 Å². The number of hydrogen-bond donors (Lipinski definition) is 3. The van der Waals surface area contributed by atoms with Gasteiger partial charge in [0.1, 0.15) is 6.04 Å². The van der Waals surface area contributed by atoms with Crippen molar-refractivity contribution in [3.8, 4) is 0 Å². The number of carboxylic acids is 2. The van der Waals surface area contributed by atoms with Gasteiger partial charge in [-0.1, -0.05) is 74.8 Å². The first kappa shape index (κ1) is 31.4. The van der Waals surface area contributed by atoms with E-state index in [0.717, 1.165) is 38.5 Å². The zero-order chi connectivity index (χ0) is 25.3. The number of aliphatic carboxylic acids is 2. The molecule has 0 unspecified atom stereocenters. The Kier molecular flexibility index (Phi) is 21.7. The van der Waals surface area contributed by atoms with Gasteiger partial charge in [0, 0.05) is 12.8 Å². The summed E-state index contributed by atoms with van der Waals surface area (Å²) in [6, 6.07) is -1.02. The van der Waals surface area contributed by atoms with E-state index in [9.17, 15) is 14.4 Å². The molecule has 0 saturated carbocycles. The molecule has 0 aliphatic rings. The number of unbranched alkanes of at least 4 members (excludes halogenated alkanes) is 6. The van der Waals surface area contributed by atoms with Crippen molar-refractivity contribution in [1.82, 2.24) is 5.32 Å². The Balaban J connectivity index is 3.70. The zero-order valence-corrected chi connectivity index (χ0v) is 20.9. The molecular weight excluding hydrogens is 430 g/mol. The first-order valence-corrected chi connectivity index (χ1v) is 12.8. The summed E-state index contributed by atoms with van der Waals surface area (Å²) in [5.74, 6) is -2.38. The summed E-state index contributed by atoms with van der Waals surface area (Å²) in [6.45, 7) is 2.22. The number of carboxylic acid groups (broad SMARTS) is 2. The Morgan fingerprint density at radius 3 is 1.71 bits per heavy atom. The number of rotatable bonds is 22. The van der Waals surface area contributed by atoms with Crippen molar-refractivity contribution in [2.75, 3.05) is 0 Å². The molecule has 6 heteroatoms. The first-order valence-electron chi connectivity index (χ1n) is 12.8. The number of nitrogens with one attached hydrogen (secondary N) is 1. The van der Waals surface area contributed by atoms with Crippen molar-refractivity contribution in [3.05, 3.63) is 48.6 Å². The largest absolute Gasteiger partial charge is 0.481 e. The number of carbonyl (C=O) groups excluding carboxylic acids is 1. The lowest BCUT2D eigenvalue weighted by Gasteiger charge is -2.13. The van der Waals surface area contributed by atoms with Gasteiger partial charge in [-0.2, -0.15) is 0 Å². The highest BCUT2D eigenvalue weighted by atomic mass is 16.4. The predicted octanol–water partition coefficient (Wildman–Crippen LogP) is 6.74. The molecule has 0 spiro atoms. The van der Waals surface area contributed by atoms with Gasteiger partial charge in [-0.05, 0) is 64.2 Å². The van der Waals surface area contributed by atoms with E-state index in [1.54, 1.807) is 0 Å². The number of hydrogen-bond acceptors (Lipinski definition) is 3. The molecule has 0 bridgehead atoms. The van der Waals surface area contributed by atoms with Crippen LogP contribution >= 0.6 is 0 Å². The van der Waals surface area contributed by atoms with Gasteiger partial charge < -0.3 is 15.5 Å². The SMILES string of the molecule is CCCCC/C=C\C/C=C\C/C=C\C/C=C\CCCCCC(=O)N[C@H](CCCC(=O)O)C(=O)O. The van der Waals surface area contributed by atoms with Crippen molar-refractivity contribution in [3.63, 3.8) is 0 Å². The third kappa shape index (κ3) is 22.6. The summed E-state index contributed by atoms with van der Waals surface area (Å²) in [5.41, 5.74) is 0. The van der Waals surface area contributed by atoms with Crippen molar-refractivity contribution in [1.29, 1.82) is 0 Å². The summed E-state index contributed by atoms with van der Waals surface area (Å²) in [6.07, 6.45) is 29.6. The van der Waals surface area contributed by atoms with Crippen LogP contribution in [0.15, 0.2) is 48.6 Å². The van der Waals surface area contributed by atoms with Gasteiger partial charge in [0.2, 0.25) is 5.91 Å². The molecular formula is C28H45NO5. The van der Waals surface area contributed by atoms with E-state index < -0.39 is 18.0 Å². The molecule has 3 N–H and O–H groups in total. The minimum absolute atomic E-state index is 0.100. The van der Waals surface area contributed by atoms with Crippen molar-refractivity contribution in [2.24, 2.45) is 0 Å². The molecule has 1 atom stereocenters. The molecule has 0 aliphatic heterocycles. The molecule has 0 aromatic rings. The average molecular weight is 476 g/mol. The lowest BCUT2D eigenvalue weighted by molar-refractivity contribution is -0.142. The quantitative estimate of drug-likeness (QED) is 0.119. The second-order valence-electron chi connectivity index (χ2n) is 8.43. The fourth-order valence-electron chi connectivity index (χ4n) is 3.27. The highest BCUT2D eigenvalue weighted by Gasteiger charge is 2.19. The summed E-state index contributed by atoms with van der Waals surface area (Å²) < 4.78 is 0. The van der Waals surface area contributed by atoms with Crippen LogP contribution < -0.4 is 5.32 Å². The Morgan fingerprint density at radius 1 is 0.676 bits per heavy atom. The highest BCUT2D eigenvalue weighted by Crippen LogP contribution is 2.07. The van der Waals surface area contributed by atoms with Gasteiger partial charge in [0.05, 0.1) is 0 Å². The minimum atomic E-state index is -1.13. The average Bonchev–Trinajstić information content (AvgIpc) is 2.79. The van der Waals surface area contributed by atoms with Crippen molar-refractivity contribution >= 4 is 17.8 Å². The van der Waals surface area contributed by atoms with Crippen LogP contribution in [0.25, 0.3) is 0 Å². The zero-order valence-electron chi connectivity index (χ0n) is 20.9. The third-order valence-corrected chi connectivity index (χ3v) is 5.25. The Morgan fingerprint density at radius 2 is 1.21 bits per heavy atom. The molecule has 34 heavy (non-hydrogen) atoms. The number of amides is 1. The molecule has 1 amide bonds. The highest BCUT2D eigenvalue weighted by molar-refractivity contribution is 5.83. The molecule has 6 nitrogen and oxygen atoms in total. The van der Waals surface area contributed by atoms with Crippen LogP contribution in [0.5, 0.6) is 0 Å². The molecule has 0 heterocycles. The van der Waals surface area contributed by atoms with Crippen LogP contribution in [0.3, 0.4) is 0 Å². The molecule has 192 valence electrons.